The van der Waals surface area contributed by atoms with Crippen molar-refractivity contribution in [1.82, 2.24) is 4.72 Å². The first-order chi connectivity index (χ1) is 9.03. The van der Waals surface area contributed by atoms with E-state index in [1.54, 1.807) is 12.1 Å². The third-order valence-corrected chi connectivity index (χ3v) is 4.56. The largest absolute Gasteiger partial charge is 0.495 e. The summed E-state index contributed by atoms with van der Waals surface area (Å²) in [6, 6.07) is 4.45. The van der Waals surface area contributed by atoms with Crippen molar-refractivity contribution in [3.05, 3.63) is 18.2 Å². The van der Waals surface area contributed by atoms with E-state index in [1.807, 2.05) is 0 Å². The van der Waals surface area contributed by atoms with E-state index in [-0.39, 0.29) is 16.7 Å². The van der Waals surface area contributed by atoms with Gasteiger partial charge in [0, 0.05) is 24.9 Å². The van der Waals surface area contributed by atoms with Gasteiger partial charge in [-0.15, -0.1) is 0 Å². The van der Waals surface area contributed by atoms with E-state index in [0.717, 1.165) is 0 Å². The predicted molar refractivity (Wildman–Crippen MR) is 71.6 cm³/mol. The number of nitrogens with two attached hydrogens (primary N) is 1. The SMILES string of the molecule is COc1ccc(N)cc1S(=O)(=O)NC1CCOCC1. The number of hydrogen-bond donors (Lipinski definition) is 2. The van der Waals surface area contributed by atoms with Crippen LogP contribution in [0.2, 0.25) is 0 Å². The summed E-state index contributed by atoms with van der Waals surface area (Å²) in [6.07, 6.45) is 1.34. The Morgan fingerprint density at radius 1 is 1.37 bits per heavy atom. The second-order valence-electron chi connectivity index (χ2n) is 4.42. The zero-order valence-electron chi connectivity index (χ0n) is 10.8. The van der Waals surface area contributed by atoms with Crippen molar-refractivity contribution in [1.29, 1.82) is 0 Å². The van der Waals surface area contributed by atoms with E-state index in [1.165, 1.54) is 13.2 Å². The van der Waals surface area contributed by atoms with E-state index in [2.05, 4.69) is 4.72 Å². The zero-order valence-corrected chi connectivity index (χ0v) is 11.6. The minimum Gasteiger partial charge on any atom is -0.495 e. The Labute approximate surface area is 112 Å². The van der Waals surface area contributed by atoms with Crippen molar-refractivity contribution >= 4 is 15.7 Å². The van der Waals surface area contributed by atoms with Crippen molar-refractivity contribution in [3.63, 3.8) is 0 Å². The molecule has 0 bridgehead atoms. The molecule has 6 nitrogen and oxygen atoms in total. The lowest BCUT2D eigenvalue weighted by molar-refractivity contribution is 0.0832. The Kier molecular flexibility index (Phi) is 4.28. The van der Waals surface area contributed by atoms with Crippen LogP contribution in [0.5, 0.6) is 5.75 Å². The quantitative estimate of drug-likeness (QED) is 0.796. The van der Waals surface area contributed by atoms with Gasteiger partial charge in [-0.1, -0.05) is 0 Å². The van der Waals surface area contributed by atoms with Gasteiger partial charge in [0.2, 0.25) is 10.0 Å². The molecule has 19 heavy (non-hydrogen) atoms. The van der Waals surface area contributed by atoms with E-state index >= 15 is 0 Å². The average Bonchev–Trinajstić information content (AvgIpc) is 2.39. The molecule has 0 aliphatic carbocycles. The van der Waals surface area contributed by atoms with E-state index in [4.69, 9.17) is 15.2 Å². The predicted octanol–water partition coefficient (Wildman–Crippen LogP) is 0.735. The first-order valence-corrected chi connectivity index (χ1v) is 7.55. The van der Waals surface area contributed by atoms with Gasteiger partial charge in [-0.25, -0.2) is 13.1 Å². The second kappa shape index (κ2) is 5.77. The van der Waals surface area contributed by atoms with E-state index in [0.29, 0.717) is 31.7 Å². The molecule has 0 radical (unpaired) electrons. The summed E-state index contributed by atoms with van der Waals surface area (Å²) in [5.41, 5.74) is 6.03. The van der Waals surface area contributed by atoms with Gasteiger partial charge < -0.3 is 15.2 Å². The molecule has 1 saturated heterocycles. The van der Waals surface area contributed by atoms with Crippen LogP contribution in [-0.4, -0.2) is 34.8 Å². The van der Waals surface area contributed by atoms with Crippen LogP contribution in [0.4, 0.5) is 5.69 Å². The first-order valence-electron chi connectivity index (χ1n) is 6.06. The number of benzene rings is 1. The van der Waals surface area contributed by atoms with E-state index < -0.39 is 10.0 Å². The normalized spacial score (nSPS) is 17.3. The van der Waals surface area contributed by atoms with Gasteiger partial charge in [0.25, 0.3) is 0 Å². The molecule has 0 unspecified atom stereocenters. The van der Waals surface area contributed by atoms with Crippen LogP contribution in [0.1, 0.15) is 12.8 Å². The zero-order chi connectivity index (χ0) is 13.9. The molecule has 1 aliphatic rings. The Morgan fingerprint density at radius 2 is 2.05 bits per heavy atom. The Bertz CT molecular complexity index is 539. The molecular formula is C12H18N2O4S. The molecule has 3 N–H and O–H groups in total. The molecule has 0 atom stereocenters. The molecule has 1 heterocycles. The molecular weight excluding hydrogens is 268 g/mol. The Morgan fingerprint density at radius 3 is 2.68 bits per heavy atom. The van der Waals surface area contributed by atoms with Crippen LogP contribution >= 0.6 is 0 Å². The van der Waals surface area contributed by atoms with E-state index in [9.17, 15) is 8.42 Å². The highest BCUT2D eigenvalue weighted by molar-refractivity contribution is 7.89. The first kappa shape index (κ1) is 14.1. The lowest BCUT2D eigenvalue weighted by atomic mass is 10.1. The summed E-state index contributed by atoms with van der Waals surface area (Å²) in [5.74, 6) is 0.286. The molecule has 0 amide bonds. The van der Waals surface area contributed by atoms with Crippen LogP contribution in [0.3, 0.4) is 0 Å². The van der Waals surface area contributed by atoms with Crippen LogP contribution in [-0.2, 0) is 14.8 Å². The molecule has 7 heteroatoms. The topological polar surface area (TPSA) is 90.7 Å². The molecule has 2 rings (SSSR count). The number of nitrogens with one attached hydrogen (secondary N) is 1. The number of ether oxygens (including phenoxy) is 2. The molecule has 1 aliphatic heterocycles. The summed E-state index contributed by atoms with van der Waals surface area (Å²) < 4.78 is 37.6. The molecule has 1 aromatic rings. The van der Waals surface area contributed by atoms with Crippen LogP contribution in [0.25, 0.3) is 0 Å². The standard InChI is InChI=1S/C12H18N2O4S/c1-17-11-3-2-9(13)8-12(11)19(15,16)14-10-4-6-18-7-5-10/h2-3,8,10,14H,4-7,13H2,1H3. The number of rotatable bonds is 4. The third kappa shape index (κ3) is 3.37. The fourth-order valence-electron chi connectivity index (χ4n) is 2.00. The number of methoxy groups -OCH3 is 1. The maximum Gasteiger partial charge on any atom is 0.244 e. The number of anilines is 1. The maximum absolute atomic E-state index is 12.3. The number of nitrogen functional groups attached to an aromatic ring is 1. The highest BCUT2D eigenvalue weighted by Crippen LogP contribution is 2.26. The second-order valence-corrected chi connectivity index (χ2v) is 6.10. The molecule has 0 aromatic heterocycles. The fourth-order valence-corrected chi connectivity index (χ4v) is 3.51. The minimum atomic E-state index is -3.64. The fraction of sp³-hybridized carbons (Fsp3) is 0.500. The Hall–Kier alpha value is -1.31. The van der Waals surface area contributed by atoms with Crippen molar-refractivity contribution in [2.24, 2.45) is 0 Å². The third-order valence-electron chi connectivity index (χ3n) is 3.02. The van der Waals surface area contributed by atoms with Crippen LogP contribution in [0, 0.1) is 0 Å². The molecule has 106 valence electrons. The van der Waals surface area contributed by atoms with Crippen molar-refractivity contribution in [3.8, 4) is 5.75 Å². The molecule has 0 saturated carbocycles. The maximum atomic E-state index is 12.3. The summed E-state index contributed by atoms with van der Waals surface area (Å²) >= 11 is 0. The monoisotopic (exact) mass is 286 g/mol. The van der Waals surface area contributed by atoms with Crippen LogP contribution in [0.15, 0.2) is 23.1 Å². The van der Waals surface area contributed by atoms with Gasteiger partial charge in [-0.05, 0) is 31.0 Å². The van der Waals surface area contributed by atoms with Gasteiger partial charge in [-0.2, -0.15) is 0 Å². The van der Waals surface area contributed by atoms with Crippen LogP contribution < -0.4 is 15.2 Å². The van der Waals surface area contributed by atoms with Gasteiger partial charge in [0.05, 0.1) is 7.11 Å². The van der Waals surface area contributed by atoms with Gasteiger partial charge in [-0.3, -0.25) is 0 Å². The summed E-state index contributed by atoms with van der Waals surface area (Å²) in [4.78, 5) is 0.0708. The van der Waals surface area contributed by atoms with Crippen molar-refractivity contribution in [2.45, 2.75) is 23.8 Å². The molecule has 0 spiro atoms. The van der Waals surface area contributed by atoms with Gasteiger partial charge >= 0.3 is 0 Å². The van der Waals surface area contributed by atoms with Crippen molar-refractivity contribution in [2.75, 3.05) is 26.1 Å². The number of sulfonamides is 1. The lowest BCUT2D eigenvalue weighted by Gasteiger charge is -2.23. The Balaban J connectivity index is 2.25. The summed E-state index contributed by atoms with van der Waals surface area (Å²) in [6.45, 7) is 1.14. The summed E-state index contributed by atoms with van der Waals surface area (Å²) in [5, 5.41) is 0. The van der Waals surface area contributed by atoms with Crippen molar-refractivity contribution < 1.29 is 17.9 Å². The number of hydrogen-bond acceptors (Lipinski definition) is 5. The molecule has 1 aromatic carbocycles. The highest BCUT2D eigenvalue weighted by atomic mass is 32.2. The minimum absolute atomic E-state index is 0.0708. The summed E-state index contributed by atoms with van der Waals surface area (Å²) in [7, 11) is -2.21. The average molecular weight is 286 g/mol. The molecule has 1 fully saturated rings. The van der Waals surface area contributed by atoms with Gasteiger partial charge in [0.15, 0.2) is 0 Å². The lowest BCUT2D eigenvalue weighted by Crippen LogP contribution is -2.39. The smallest absolute Gasteiger partial charge is 0.244 e. The highest BCUT2D eigenvalue weighted by Gasteiger charge is 2.25. The van der Waals surface area contributed by atoms with Gasteiger partial charge in [0.1, 0.15) is 10.6 Å².